The van der Waals surface area contributed by atoms with Gasteiger partial charge in [0.05, 0.1) is 6.04 Å². The number of hydrogen-bond donors (Lipinski definition) is 1. The average molecular weight is 361 g/mol. The largest absolute Gasteiger partial charge is 0.437 e. The van der Waals surface area contributed by atoms with E-state index >= 15 is 0 Å². The minimum Gasteiger partial charge on any atom is -0.437 e. The Labute approximate surface area is 158 Å². The SMILES string of the molecule is O=C(/C=C/c1nc2ccccc2o1)NC(CN1CCCC1)c1ccccc1. The fraction of sp³-hybridized carbons (Fsp3) is 0.273. The third-order valence-electron chi connectivity index (χ3n) is 4.85. The summed E-state index contributed by atoms with van der Waals surface area (Å²) in [4.78, 5) is 19.3. The number of hydrogen-bond acceptors (Lipinski definition) is 4. The maximum atomic E-state index is 12.5. The number of benzene rings is 2. The first kappa shape index (κ1) is 17.5. The van der Waals surface area contributed by atoms with Gasteiger partial charge >= 0.3 is 0 Å². The number of nitrogens with one attached hydrogen (secondary N) is 1. The molecule has 1 N–H and O–H groups in total. The molecule has 0 spiro atoms. The first-order chi connectivity index (χ1) is 13.3. The van der Waals surface area contributed by atoms with Crippen molar-refractivity contribution in [1.29, 1.82) is 0 Å². The third kappa shape index (κ3) is 4.44. The molecule has 4 rings (SSSR count). The van der Waals surface area contributed by atoms with Crippen LogP contribution < -0.4 is 5.32 Å². The summed E-state index contributed by atoms with van der Waals surface area (Å²) in [5.74, 6) is 0.285. The summed E-state index contributed by atoms with van der Waals surface area (Å²) in [6, 6.07) is 17.6. The Morgan fingerprint density at radius 1 is 1.11 bits per heavy atom. The summed E-state index contributed by atoms with van der Waals surface area (Å²) in [5, 5.41) is 3.13. The monoisotopic (exact) mass is 361 g/mol. The van der Waals surface area contributed by atoms with Crippen LogP contribution in [0.4, 0.5) is 0 Å². The average Bonchev–Trinajstić information content (AvgIpc) is 3.36. The van der Waals surface area contributed by atoms with Gasteiger partial charge in [0.15, 0.2) is 5.58 Å². The summed E-state index contributed by atoms with van der Waals surface area (Å²) in [5.41, 5.74) is 2.62. The second-order valence-corrected chi connectivity index (χ2v) is 6.83. The van der Waals surface area contributed by atoms with Gasteiger partial charge in [0.1, 0.15) is 5.52 Å². The molecule has 5 heteroatoms. The van der Waals surface area contributed by atoms with E-state index in [4.69, 9.17) is 4.42 Å². The van der Waals surface area contributed by atoms with E-state index in [9.17, 15) is 4.79 Å². The van der Waals surface area contributed by atoms with Gasteiger partial charge in [-0.05, 0) is 43.6 Å². The highest BCUT2D eigenvalue weighted by molar-refractivity contribution is 5.91. The van der Waals surface area contributed by atoms with Crippen molar-refractivity contribution in [2.75, 3.05) is 19.6 Å². The normalized spacial score (nSPS) is 16.1. The van der Waals surface area contributed by atoms with Crippen molar-refractivity contribution in [3.63, 3.8) is 0 Å². The number of nitrogens with zero attached hydrogens (tertiary/aromatic N) is 2. The zero-order valence-corrected chi connectivity index (χ0v) is 15.2. The zero-order valence-electron chi connectivity index (χ0n) is 15.2. The predicted molar refractivity (Wildman–Crippen MR) is 106 cm³/mol. The molecule has 0 aliphatic carbocycles. The molecule has 0 bridgehead atoms. The Balaban J connectivity index is 1.45. The number of rotatable bonds is 6. The van der Waals surface area contributed by atoms with Crippen molar-refractivity contribution in [3.05, 3.63) is 72.1 Å². The van der Waals surface area contributed by atoms with Gasteiger partial charge < -0.3 is 14.6 Å². The summed E-state index contributed by atoms with van der Waals surface area (Å²) in [6.45, 7) is 3.02. The molecule has 1 aliphatic heterocycles. The minimum atomic E-state index is -0.148. The molecule has 27 heavy (non-hydrogen) atoms. The van der Waals surface area contributed by atoms with Crippen LogP contribution in [0.5, 0.6) is 0 Å². The van der Waals surface area contributed by atoms with Crippen molar-refractivity contribution in [3.8, 4) is 0 Å². The molecule has 1 saturated heterocycles. The van der Waals surface area contributed by atoms with Crippen LogP contribution in [-0.2, 0) is 4.79 Å². The second kappa shape index (κ2) is 8.18. The number of amides is 1. The van der Waals surface area contributed by atoms with Gasteiger partial charge in [-0.25, -0.2) is 4.98 Å². The lowest BCUT2D eigenvalue weighted by Crippen LogP contribution is -2.36. The molecule has 1 fully saturated rings. The maximum Gasteiger partial charge on any atom is 0.244 e. The Kier molecular flexibility index (Phi) is 5.30. The van der Waals surface area contributed by atoms with Gasteiger partial charge in [0.2, 0.25) is 11.8 Å². The summed E-state index contributed by atoms with van der Waals surface area (Å²) in [6.07, 6.45) is 5.57. The van der Waals surface area contributed by atoms with Crippen LogP contribution in [0.3, 0.4) is 0 Å². The van der Waals surface area contributed by atoms with Crippen LogP contribution in [-0.4, -0.2) is 35.4 Å². The molecule has 1 atom stereocenters. The van der Waals surface area contributed by atoms with E-state index in [2.05, 4.69) is 27.3 Å². The summed E-state index contributed by atoms with van der Waals surface area (Å²) < 4.78 is 5.63. The van der Waals surface area contributed by atoms with Crippen LogP contribution in [0.2, 0.25) is 0 Å². The van der Waals surface area contributed by atoms with Crippen LogP contribution in [0.25, 0.3) is 17.2 Å². The minimum absolute atomic E-state index is 0.0370. The highest BCUT2D eigenvalue weighted by atomic mass is 16.3. The smallest absolute Gasteiger partial charge is 0.244 e. The highest BCUT2D eigenvalue weighted by Crippen LogP contribution is 2.18. The zero-order chi connectivity index (χ0) is 18.5. The molecule has 2 aromatic carbocycles. The van der Waals surface area contributed by atoms with Crippen molar-refractivity contribution in [2.45, 2.75) is 18.9 Å². The van der Waals surface area contributed by atoms with Crippen LogP contribution in [0, 0.1) is 0 Å². The van der Waals surface area contributed by atoms with Gasteiger partial charge in [-0.1, -0.05) is 42.5 Å². The van der Waals surface area contributed by atoms with E-state index in [1.54, 1.807) is 6.08 Å². The van der Waals surface area contributed by atoms with Gasteiger partial charge in [0, 0.05) is 18.7 Å². The van der Waals surface area contributed by atoms with E-state index < -0.39 is 0 Å². The topological polar surface area (TPSA) is 58.4 Å². The molecule has 3 aromatic rings. The summed E-state index contributed by atoms with van der Waals surface area (Å²) >= 11 is 0. The highest BCUT2D eigenvalue weighted by Gasteiger charge is 2.20. The van der Waals surface area contributed by atoms with Crippen molar-refractivity contribution >= 4 is 23.1 Å². The molecule has 138 valence electrons. The lowest BCUT2D eigenvalue weighted by molar-refractivity contribution is -0.117. The molecule has 1 aliphatic rings. The lowest BCUT2D eigenvalue weighted by atomic mass is 10.1. The Morgan fingerprint density at radius 2 is 1.85 bits per heavy atom. The predicted octanol–water partition coefficient (Wildman–Crippen LogP) is 3.79. The number of carbonyl (C=O) groups excluding carboxylic acids is 1. The van der Waals surface area contributed by atoms with E-state index in [0.29, 0.717) is 11.5 Å². The number of carbonyl (C=O) groups is 1. The number of para-hydroxylation sites is 2. The Morgan fingerprint density at radius 3 is 2.63 bits per heavy atom. The van der Waals surface area contributed by atoms with Gasteiger partial charge in [0.25, 0.3) is 0 Å². The molecule has 0 saturated carbocycles. The van der Waals surface area contributed by atoms with Crippen molar-refractivity contribution in [2.24, 2.45) is 0 Å². The van der Waals surface area contributed by atoms with Gasteiger partial charge in [-0.15, -0.1) is 0 Å². The molecule has 5 nitrogen and oxygen atoms in total. The number of oxazole rings is 1. The molecule has 1 unspecified atom stereocenters. The first-order valence-electron chi connectivity index (χ1n) is 9.39. The first-order valence-corrected chi connectivity index (χ1v) is 9.39. The number of likely N-dealkylation sites (tertiary alicyclic amines) is 1. The number of fused-ring (bicyclic) bond motifs is 1. The van der Waals surface area contributed by atoms with Crippen LogP contribution in [0.1, 0.15) is 30.3 Å². The van der Waals surface area contributed by atoms with Gasteiger partial charge in [-0.3, -0.25) is 4.79 Å². The van der Waals surface area contributed by atoms with E-state index in [0.717, 1.165) is 30.7 Å². The fourth-order valence-electron chi connectivity index (χ4n) is 3.47. The molecular formula is C22H23N3O2. The molecule has 1 amide bonds. The Bertz CT molecular complexity index is 894. The van der Waals surface area contributed by atoms with Crippen molar-refractivity contribution in [1.82, 2.24) is 15.2 Å². The lowest BCUT2D eigenvalue weighted by Gasteiger charge is -2.24. The fourth-order valence-corrected chi connectivity index (χ4v) is 3.47. The van der Waals surface area contributed by atoms with E-state index in [-0.39, 0.29) is 11.9 Å². The number of aromatic nitrogens is 1. The van der Waals surface area contributed by atoms with Crippen LogP contribution in [0.15, 0.2) is 65.1 Å². The van der Waals surface area contributed by atoms with Crippen LogP contribution >= 0.6 is 0 Å². The molecule has 0 radical (unpaired) electrons. The van der Waals surface area contributed by atoms with E-state index in [1.165, 1.54) is 18.9 Å². The quantitative estimate of drug-likeness (QED) is 0.679. The Hall–Kier alpha value is -2.92. The molecule has 2 heterocycles. The third-order valence-corrected chi connectivity index (χ3v) is 4.85. The molecule has 1 aromatic heterocycles. The standard InChI is InChI=1S/C22H23N3O2/c26-21(12-13-22-24-18-10-4-5-11-20(18)27-22)23-19(16-25-14-6-7-15-25)17-8-2-1-3-9-17/h1-5,8-13,19H,6-7,14-16H2,(H,23,26)/b13-12+. The molecular weight excluding hydrogens is 338 g/mol. The van der Waals surface area contributed by atoms with Gasteiger partial charge in [-0.2, -0.15) is 0 Å². The maximum absolute atomic E-state index is 12.5. The second-order valence-electron chi connectivity index (χ2n) is 6.83. The summed E-state index contributed by atoms with van der Waals surface area (Å²) in [7, 11) is 0. The van der Waals surface area contributed by atoms with Crippen molar-refractivity contribution < 1.29 is 9.21 Å². The van der Waals surface area contributed by atoms with E-state index in [1.807, 2.05) is 42.5 Å².